The summed E-state index contributed by atoms with van der Waals surface area (Å²) in [7, 11) is 0. The highest BCUT2D eigenvalue weighted by Gasteiger charge is 2.25. The lowest BCUT2D eigenvalue weighted by Crippen LogP contribution is -2.44. The monoisotopic (exact) mass is 200 g/mol. The minimum absolute atomic E-state index is 0.0368. The largest absolute Gasteiger partial charge is 0.393 e. The smallest absolute Gasteiger partial charge is 0.226 e. The van der Waals surface area contributed by atoms with Gasteiger partial charge in [-0.05, 0) is 19.3 Å². The Morgan fingerprint density at radius 3 is 2.57 bits per heavy atom. The van der Waals surface area contributed by atoms with Crippen LogP contribution < -0.4 is 5.73 Å². The van der Waals surface area contributed by atoms with Crippen molar-refractivity contribution in [3.63, 3.8) is 0 Å². The Bertz CT molecular complexity index is 185. The molecule has 0 aromatic carbocycles. The van der Waals surface area contributed by atoms with E-state index in [0.29, 0.717) is 32.5 Å². The SMILES string of the molecule is CCC(CN)C(=O)N1CCC(O)CC1. The van der Waals surface area contributed by atoms with Gasteiger partial charge in [-0.25, -0.2) is 0 Å². The molecule has 1 amide bonds. The van der Waals surface area contributed by atoms with Crippen molar-refractivity contribution in [3.8, 4) is 0 Å². The first-order valence-corrected chi connectivity index (χ1v) is 5.36. The quantitative estimate of drug-likeness (QED) is 0.671. The number of aliphatic hydroxyl groups excluding tert-OH is 1. The Balaban J connectivity index is 2.44. The summed E-state index contributed by atoms with van der Waals surface area (Å²) in [5, 5.41) is 9.30. The summed E-state index contributed by atoms with van der Waals surface area (Å²) >= 11 is 0. The van der Waals surface area contributed by atoms with Crippen molar-refractivity contribution < 1.29 is 9.90 Å². The predicted octanol–water partition coefficient (Wildman–Crippen LogP) is -0.0454. The number of piperidine rings is 1. The normalized spacial score (nSPS) is 20.9. The van der Waals surface area contributed by atoms with E-state index in [1.54, 1.807) is 0 Å². The molecule has 1 heterocycles. The first-order chi connectivity index (χ1) is 6.69. The molecule has 0 aromatic rings. The highest BCUT2D eigenvalue weighted by molar-refractivity contribution is 5.79. The van der Waals surface area contributed by atoms with E-state index in [9.17, 15) is 9.90 Å². The van der Waals surface area contributed by atoms with Crippen molar-refractivity contribution in [1.82, 2.24) is 4.90 Å². The van der Waals surface area contributed by atoms with E-state index in [0.717, 1.165) is 6.42 Å². The van der Waals surface area contributed by atoms with Gasteiger partial charge in [-0.1, -0.05) is 6.92 Å². The summed E-state index contributed by atoms with van der Waals surface area (Å²) in [6.45, 7) is 3.76. The van der Waals surface area contributed by atoms with Crippen LogP contribution in [0, 0.1) is 5.92 Å². The number of aliphatic hydroxyl groups is 1. The molecular formula is C10H20N2O2. The van der Waals surface area contributed by atoms with Gasteiger partial charge in [-0.2, -0.15) is 0 Å². The summed E-state index contributed by atoms with van der Waals surface area (Å²) in [4.78, 5) is 13.7. The number of amides is 1. The van der Waals surface area contributed by atoms with Gasteiger partial charge in [0.2, 0.25) is 5.91 Å². The maximum atomic E-state index is 11.8. The topological polar surface area (TPSA) is 66.6 Å². The maximum absolute atomic E-state index is 11.8. The van der Waals surface area contributed by atoms with Crippen LogP contribution in [0.2, 0.25) is 0 Å². The Morgan fingerprint density at radius 2 is 2.14 bits per heavy atom. The van der Waals surface area contributed by atoms with E-state index in [2.05, 4.69) is 0 Å². The number of hydrogen-bond donors (Lipinski definition) is 2. The van der Waals surface area contributed by atoms with Gasteiger partial charge < -0.3 is 15.7 Å². The molecule has 0 aliphatic carbocycles. The summed E-state index contributed by atoms with van der Waals surface area (Å²) in [6.07, 6.45) is 1.98. The number of likely N-dealkylation sites (tertiary alicyclic amines) is 1. The van der Waals surface area contributed by atoms with Crippen LogP contribution in [0.15, 0.2) is 0 Å². The number of carbonyl (C=O) groups is 1. The fourth-order valence-corrected chi connectivity index (χ4v) is 1.79. The van der Waals surface area contributed by atoms with E-state index in [4.69, 9.17) is 5.73 Å². The van der Waals surface area contributed by atoms with E-state index >= 15 is 0 Å². The lowest BCUT2D eigenvalue weighted by atomic mass is 10.0. The average molecular weight is 200 g/mol. The third-order valence-electron chi connectivity index (χ3n) is 2.90. The molecule has 1 atom stereocenters. The van der Waals surface area contributed by atoms with Gasteiger partial charge in [0.1, 0.15) is 0 Å². The number of hydrogen-bond acceptors (Lipinski definition) is 3. The number of carbonyl (C=O) groups excluding carboxylic acids is 1. The van der Waals surface area contributed by atoms with E-state index in [1.807, 2.05) is 11.8 Å². The van der Waals surface area contributed by atoms with E-state index in [1.165, 1.54) is 0 Å². The van der Waals surface area contributed by atoms with Gasteiger partial charge in [0.15, 0.2) is 0 Å². The van der Waals surface area contributed by atoms with Crippen molar-refractivity contribution >= 4 is 5.91 Å². The second-order valence-corrected chi connectivity index (χ2v) is 3.90. The molecular weight excluding hydrogens is 180 g/mol. The number of nitrogens with two attached hydrogens (primary N) is 1. The van der Waals surface area contributed by atoms with Crippen molar-refractivity contribution in [3.05, 3.63) is 0 Å². The van der Waals surface area contributed by atoms with Crippen LogP contribution in [0.1, 0.15) is 26.2 Å². The fraction of sp³-hybridized carbons (Fsp3) is 0.900. The van der Waals surface area contributed by atoms with E-state index in [-0.39, 0.29) is 17.9 Å². The Morgan fingerprint density at radius 1 is 1.57 bits per heavy atom. The van der Waals surface area contributed by atoms with Crippen LogP contribution >= 0.6 is 0 Å². The zero-order chi connectivity index (χ0) is 10.6. The molecule has 1 saturated heterocycles. The van der Waals surface area contributed by atoms with Crippen molar-refractivity contribution in [2.24, 2.45) is 11.7 Å². The Hall–Kier alpha value is -0.610. The molecule has 1 rings (SSSR count). The van der Waals surface area contributed by atoms with Gasteiger partial charge >= 0.3 is 0 Å². The minimum atomic E-state index is -0.225. The molecule has 4 heteroatoms. The molecule has 0 bridgehead atoms. The van der Waals surface area contributed by atoms with Gasteiger partial charge in [0, 0.05) is 19.6 Å². The van der Waals surface area contributed by atoms with Crippen molar-refractivity contribution in [2.45, 2.75) is 32.3 Å². The summed E-state index contributed by atoms with van der Waals surface area (Å²) in [5.74, 6) is 0.118. The van der Waals surface area contributed by atoms with Crippen LogP contribution in [-0.4, -0.2) is 41.7 Å². The third-order valence-corrected chi connectivity index (χ3v) is 2.90. The Kier molecular flexibility index (Phi) is 4.35. The fourth-order valence-electron chi connectivity index (χ4n) is 1.79. The summed E-state index contributed by atoms with van der Waals surface area (Å²) < 4.78 is 0. The molecule has 0 aromatic heterocycles. The zero-order valence-corrected chi connectivity index (χ0v) is 8.78. The lowest BCUT2D eigenvalue weighted by molar-refractivity contribution is -0.137. The zero-order valence-electron chi connectivity index (χ0n) is 8.78. The van der Waals surface area contributed by atoms with Gasteiger partial charge in [-0.15, -0.1) is 0 Å². The van der Waals surface area contributed by atoms with Crippen LogP contribution in [0.25, 0.3) is 0 Å². The molecule has 1 unspecified atom stereocenters. The molecule has 0 saturated carbocycles. The first kappa shape index (κ1) is 11.5. The molecule has 1 fully saturated rings. The van der Waals surface area contributed by atoms with E-state index < -0.39 is 0 Å². The third kappa shape index (κ3) is 2.69. The molecule has 14 heavy (non-hydrogen) atoms. The van der Waals surface area contributed by atoms with Crippen molar-refractivity contribution in [1.29, 1.82) is 0 Å². The lowest BCUT2D eigenvalue weighted by Gasteiger charge is -2.31. The highest BCUT2D eigenvalue weighted by Crippen LogP contribution is 2.14. The molecule has 3 N–H and O–H groups in total. The molecule has 1 aliphatic heterocycles. The molecule has 82 valence electrons. The minimum Gasteiger partial charge on any atom is -0.393 e. The molecule has 0 radical (unpaired) electrons. The van der Waals surface area contributed by atoms with Crippen LogP contribution in [0.3, 0.4) is 0 Å². The summed E-state index contributed by atoms with van der Waals surface area (Å²) in [6, 6.07) is 0. The van der Waals surface area contributed by atoms with Gasteiger partial charge in [0.25, 0.3) is 0 Å². The van der Waals surface area contributed by atoms with Crippen LogP contribution in [-0.2, 0) is 4.79 Å². The van der Waals surface area contributed by atoms with Crippen molar-refractivity contribution in [2.75, 3.05) is 19.6 Å². The number of nitrogens with zero attached hydrogens (tertiary/aromatic N) is 1. The van der Waals surface area contributed by atoms with Crippen LogP contribution in [0.5, 0.6) is 0 Å². The second kappa shape index (κ2) is 5.32. The number of rotatable bonds is 3. The molecule has 1 aliphatic rings. The maximum Gasteiger partial charge on any atom is 0.226 e. The standard InChI is InChI=1S/C10H20N2O2/c1-2-8(7-11)10(14)12-5-3-9(13)4-6-12/h8-9,13H,2-7,11H2,1H3. The average Bonchev–Trinajstić information content (AvgIpc) is 2.20. The first-order valence-electron chi connectivity index (χ1n) is 5.36. The second-order valence-electron chi connectivity index (χ2n) is 3.90. The summed E-state index contributed by atoms with van der Waals surface area (Å²) in [5.41, 5.74) is 5.52. The Labute approximate surface area is 85.1 Å². The van der Waals surface area contributed by atoms with Gasteiger partial charge in [-0.3, -0.25) is 4.79 Å². The van der Waals surface area contributed by atoms with Crippen LogP contribution in [0.4, 0.5) is 0 Å². The highest BCUT2D eigenvalue weighted by atomic mass is 16.3. The predicted molar refractivity (Wildman–Crippen MR) is 54.7 cm³/mol. The molecule has 0 spiro atoms. The molecule has 4 nitrogen and oxygen atoms in total. The van der Waals surface area contributed by atoms with Gasteiger partial charge in [0.05, 0.1) is 12.0 Å².